The molecule has 3 rings (SSSR count). The van der Waals surface area contributed by atoms with Crippen LogP contribution < -0.4 is 10.6 Å². The highest BCUT2D eigenvalue weighted by Gasteiger charge is 2.21. The molecule has 0 bridgehead atoms. The van der Waals surface area contributed by atoms with Crippen LogP contribution in [0.1, 0.15) is 94.7 Å². The van der Waals surface area contributed by atoms with E-state index in [0.29, 0.717) is 12.1 Å². The van der Waals surface area contributed by atoms with Crippen molar-refractivity contribution in [1.29, 1.82) is 0 Å². The van der Waals surface area contributed by atoms with Gasteiger partial charge in [-0.3, -0.25) is 0 Å². The van der Waals surface area contributed by atoms with Crippen LogP contribution >= 0.6 is 0 Å². The third kappa shape index (κ3) is 4.51. The summed E-state index contributed by atoms with van der Waals surface area (Å²) in [6, 6.07) is 3.82. The molecular weight excluding hydrogens is 304 g/mol. The molecule has 0 radical (unpaired) electrons. The molecule has 2 N–H and O–H groups in total. The summed E-state index contributed by atoms with van der Waals surface area (Å²) in [4.78, 5) is 0. The standard InChI is InChI=1S/C23H38N2/c1-4-18-16-19(5-2)23(25-21-14-10-7-11-15-21)17(3)22(18)24-20-12-8-6-9-13-20/h16,20-21,24-25H,4-15H2,1-3H3. The van der Waals surface area contributed by atoms with Gasteiger partial charge in [0.25, 0.3) is 0 Å². The Labute approximate surface area is 155 Å². The Bertz CT molecular complexity index is 505. The van der Waals surface area contributed by atoms with Crippen molar-refractivity contribution in [2.45, 2.75) is 110 Å². The molecule has 2 aliphatic carbocycles. The molecule has 1 aromatic carbocycles. The van der Waals surface area contributed by atoms with Crippen LogP contribution in [-0.4, -0.2) is 12.1 Å². The molecule has 0 aliphatic heterocycles. The lowest BCUT2D eigenvalue weighted by Crippen LogP contribution is -2.26. The lowest BCUT2D eigenvalue weighted by Gasteiger charge is -2.30. The third-order valence-corrected chi connectivity index (χ3v) is 6.41. The first-order chi connectivity index (χ1) is 12.2. The van der Waals surface area contributed by atoms with Gasteiger partial charge in [0.1, 0.15) is 0 Å². The van der Waals surface area contributed by atoms with Crippen molar-refractivity contribution in [3.63, 3.8) is 0 Å². The Balaban J connectivity index is 1.87. The van der Waals surface area contributed by atoms with Crippen molar-refractivity contribution in [1.82, 2.24) is 0 Å². The van der Waals surface area contributed by atoms with Crippen LogP contribution in [0.15, 0.2) is 6.07 Å². The molecular formula is C23H38N2. The molecule has 2 nitrogen and oxygen atoms in total. The van der Waals surface area contributed by atoms with Gasteiger partial charge in [-0.2, -0.15) is 0 Å². The lowest BCUT2D eigenvalue weighted by atomic mass is 9.91. The van der Waals surface area contributed by atoms with Crippen molar-refractivity contribution in [3.05, 3.63) is 22.8 Å². The predicted octanol–water partition coefficient (Wildman–Crippen LogP) is 6.61. The molecule has 0 amide bonds. The minimum absolute atomic E-state index is 0.674. The Morgan fingerprint density at radius 3 is 1.48 bits per heavy atom. The highest BCUT2D eigenvalue weighted by Crippen LogP contribution is 2.36. The van der Waals surface area contributed by atoms with Crippen LogP contribution in [0.25, 0.3) is 0 Å². The van der Waals surface area contributed by atoms with Gasteiger partial charge in [-0.25, -0.2) is 0 Å². The molecule has 140 valence electrons. The molecule has 0 aromatic heterocycles. The van der Waals surface area contributed by atoms with Crippen LogP contribution in [0.3, 0.4) is 0 Å². The summed E-state index contributed by atoms with van der Waals surface area (Å²) in [7, 11) is 0. The van der Waals surface area contributed by atoms with Gasteiger partial charge in [-0.05, 0) is 62.1 Å². The summed E-state index contributed by atoms with van der Waals surface area (Å²) in [5.41, 5.74) is 7.35. The largest absolute Gasteiger partial charge is 0.382 e. The average molecular weight is 343 g/mol. The van der Waals surface area contributed by atoms with E-state index >= 15 is 0 Å². The first-order valence-corrected chi connectivity index (χ1v) is 10.9. The van der Waals surface area contributed by atoms with Crippen LogP contribution in [0.2, 0.25) is 0 Å². The Morgan fingerprint density at radius 2 is 1.12 bits per heavy atom. The third-order valence-electron chi connectivity index (χ3n) is 6.41. The van der Waals surface area contributed by atoms with Gasteiger partial charge in [0.05, 0.1) is 0 Å². The van der Waals surface area contributed by atoms with Crippen molar-refractivity contribution in [2.75, 3.05) is 10.6 Å². The number of aryl methyl sites for hydroxylation is 2. The minimum atomic E-state index is 0.674. The Kier molecular flexibility index (Phi) is 6.67. The fourth-order valence-electron chi connectivity index (χ4n) is 4.82. The molecule has 2 saturated carbocycles. The predicted molar refractivity (Wildman–Crippen MR) is 111 cm³/mol. The SMILES string of the molecule is CCc1cc(CC)c(NC2CCCCC2)c(C)c1NC1CCCCC1. The summed E-state index contributed by atoms with van der Waals surface area (Å²) >= 11 is 0. The first kappa shape index (κ1) is 18.6. The monoisotopic (exact) mass is 342 g/mol. The molecule has 2 aliphatic rings. The van der Waals surface area contributed by atoms with Gasteiger partial charge in [-0.1, -0.05) is 58.4 Å². The quantitative estimate of drug-likeness (QED) is 0.608. The van der Waals surface area contributed by atoms with Crippen molar-refractivity contribution >= 4 is 11.4 Å². The van der Waals surface area contributed by atoms with E-state index in [2.05, 4.69) is 37.5 Å². The normalized spacial score (nSPS) is 19.8. The summed E-state index contributed by atoms with van der Waals surface area (Å²) in [6.45, 7) is 6.94. The summed E-state index contributed by atoms with van der Waals surface area (Å²) < 4.78 is 0. The van der Waals surface area contributed by atoms with E-state index in [0.717, 1.165) is 12.8 Å². The van der Waals surface area contributed by atoms with Gasteiger partial charge in [0.15, 0.2) is 0 Å². The zero-order chi connectivity index (χ0) is 17.6. The van der Waals surface area contributed by atoms with E-state index in [-0.39, 0.29) is 0 Å². The van der Waals surface area contributed by atoms with Crippen molar-refractivity contribution < 1.29 is 0 Å². The molecule has 0 saturated heterocycles. The van der Waals surface area contributed by atoms with E-state index in [4.69, 9.17) is 0 Å². The average Bonchev–Trinajstić information content (AvgIpc) is 2.67. The number of hydrogen-bond acceptors (Lipinski definition) is 2. The maximum absolute atomic E-state index is 3.96. The Hall–Kier alpha value is -1.18. The van der Waals surface area contributed by atoms with E-state index in [1.165, 1.54) is 92.3 Å². The van der Waals surface area contributed by atoms with Crippen molar-refractivity contribution in [3.8, 4) is 0 Å². The summed E-state index contributed by atoms with van der Waals surface area (Å²) in [6.07, 6.45) is 16.0. The van der Waals surface area contributed by atoms with Crippen LogP contribution in [-0.2, 0) is 12.8 Å². The van der Waals surface area contributed by atoms with E-state index < -0.39 is 0 Å². The maximum atomic E-state index is 3.96. The van der Waals surface area contributed by atoms with Crippen molar-refractivity contribution in [2.24, 2.45) is 0 Å². The second-order valence-corrected chi connectivity index (χ2v) is 8.24. The van der Waals surface area contributed by atoms with E-state index in [1.807, 2.05) is 0 Å². The molecule has 2 fully saturated rings. The molecule has 1 aromatic rings. The van der Waals surface area contributed by atoms with Crippen LogP contribution in [0.4, 0.5) is 11.4 Å². The number of hydrogen-bond donors (Lipinski definition) is 2. The van der Waals surface area contributed by atoms with Gasteiger partial charge < -0.3 is 10.6 Å². The second kappa shape index (κ2) is 8.96. The van der Waals surface area contributed by atoms with Crippen LogP contribution in [0, 0.1) is 6.92 Å². The lowest BCUT2D eigenvalue weighted by molar-refractivity contribution is 0.461. The fraction of sp³-hybridized carbons (Fsp3) is 0.739. The first-order valence-electron chi connectivity index (χ1n) is 10.9. The van der Waals surface area contributed by atoms with Gasteiger partial charge >= 0.3 is 0 Å². The zero-order valence-corrected chi connectivity index (χ0v) is 16.7. The number of rotatable bonds is 6. The maximum Gasteiger partial charge on any atom is 0.0425 e. The summed E-state index contributed by atoms with van der Waals surface area (Å²) in [5.74, 6) is 0. The topological polar surface area (TPSA) is 24.1 Å². The molecule has 0 heterocycles. The molecule has 0 unspecified atom stereocenters. The fourth-order valence-corrected chi connectivity index (χ4v) is 4.82. The van der Waals surface area contributed by atoms with Gasteiger partial charge in [0, 0.05) is 23.5 Å². The number of benzene rings is 1. The number of anilines is 2. The van der Waals surface area contributed by atoms with Crippen LogP contribution in [0.5, 0.6) is 0 Å². The smallest absolute Gasteiger partial charge is 0.0425 e. The molecule has 2 heteroatoms. The summed E-state index contributed by atoms with van der Waals surface area (Å²) in [5, 5.41) is 7.92. The molecule has 0 atom stereocenters. The minimum Gasteiger partial charge on any atom is -0.382 e. The van der Waals surface area contributed by atoms with Gasteiger partial charge in [-0.15, -0.1) is 0 Å². The molecule has 25 heavy (non-hydrogen) atoms. The highest BCUT2D eigenvalue weighted by molar-refractivity contribution is 5.73. The zero-order valence-electron chi connectivity index (χ0n) is 16.7. The van der Waals surface area contributed by atoms with E-state index in [9.17, 15) is 0 Å². The Morgan fingerprint density at radius 1 is 0.720 bits per heavy atom. The molecule has 0 spiro atoms. The second-order valence-electron chi connectivity index (χ2n) is 8.24. The van der Waals surface area contributed by atoms with E-state index in [1.54, 1.807) is 0 Å². The number of nitrogens with one attached hydrogen (secondary N) is 2. The highest BCUT2D eigenvalue weighted by atomic mass is 15.0. The van der Waals surface area contributed by atoms with Gasteiger partial charge in [0.2, 0.25) is 0 Å².